The van der Waals surface area contributed by atoms with Crippen LogP contribution < -0.4 is 10.00 Å². The molecule has 9 heteroatoms. The molecule has 21 heavy (non-hydrogen) atoms. The van der Waals surface area contributed by atoms with Gasteiger partial charge < -0.3 is 0 Å². The van der Waals surface area contributed by atoms with Crippen molar-refractivity contribution in [3.05, 3.63) is 42.2 Å². The maximum Gasteiger partial charge on any atom is 0.385 e. The number of rotatable bonds is 5. The Morgan fingerprint density at radius 2 is 2.24 bits per heavy atom. The molecule has 2 N–H and O–H groups in total. The van der Waals surface area contributed by atoms with E-state index in [9.17, 15) is 4.79 Å². The smallest absolute Gasteiger partial charge is 0.300 e. The van der Waals surface area contributed by atoms with Gasteiger partial charge in [0.2, 0.25) is 17.4 Å². The van der Waals surface area contributed by atoms with Crippen molar-refractivity contribution in [2.24, 2.45) is 0 Å². The molecule has 0 unspecified atom stereocenters. The minimum atomic E-state index is -0.139. The Hall–Kier alpha value is -2.26. The summed E-state index contributed by atoms with van der Waals surface area (Å²) < 4.78 is 1.82. The van der Waals surface area contributed by atoms with Crippen molar-refractivity contribution in [3.63, 3.8) is 0 Å². The van der Waals surface area contributed by atoms with Crippen LogP contribution in [0.2, 0.25) is 0 Å². The zero-order chi connectivity index (χ0) is 14.5. The highest BCUT2D eigenvalue weighted by molar-refractivity contribution is 7.99. The summed E-state index contributed by atoms with van der Waals surface area (Å²) in [7, 11) is 0. The number of H-pyrrole nitrogens is 1. The number of carbonyl (C=O) groups is 1. The Kier molecular flexibility index (Phi) is 4.22. The number of hydrogen-bond donors (Lipinski definition) is 2. The molecule has 0 aliphatic heterocycles. The van der Waals surface area contributed by atoms with Crippen molar-refractivity contribution in [1.82, 2.24) is 20.3 Å². The Morgan fingerprint density at radius 3 is 3.00 bits per heavy atom. The van der Waals surface area contributed by atoms with Gasteiger partial charge in [0.1, 0.15) is 5.51 Å². The van der Waals surface area contributed by atoms with Crippen molar-refractivity contribution in [3.8, 4) is 5.69 Å². The first kappa shape index (κ1) is 13.7. The summed E-state index contributed by atoms with van der Waals surface area (Å²) >= 11 is 2.63. The highest BCUT2D eigenvalue weighted by Crippen LogP contribution is 2.14. The van der Waals surface area contributed by atoms with Gasteiger partial charge in [-0.2, -0.15) is 5.10 Å². The van der Waals surface area contributed by atoms with Crippen molar-refractivity contribution in [2.75, 3.05) is 11.1 Å². The average molecular weight is 319 g/mol. The summed E-state index contributed by atoms with van der Waals surface area (Å²) in [6.45, 7) is 0. The van der Waals surface area contributed by atoms with Crippen LogP contribution in [0.4, 0.5) is 5.13 Å². The fourth-order valence-corrected chi connectivity index (χ4v) is 2.84. The second kappa shape index (κ2) is 6.46. The van der Waals surface area contributed by atoms with Gasteiger partial charge in [-0.1, -0.05) is 29.5 Å². The van der Waals surface area contributed by atoms with Crippen LogP contribution in [-0.4, -0.2) is 31.9 Å². The summed E-state index contributed by atoms with van der Waals surface area (Å²) in [4.78, 5) is 16.0. The zero-order valence-electron chi connectivity index (χ0n) is 10.8. The quantitative estimate of drug-likeness (QED) is 0.546. The van der Waals surface area contributed by atoms with Gasteiger partial charge in [-0.25, -0.2) is 0 Å². The molecule has 0 bridgehead atoms. The topological polar surface area (TPSA) is 87.4 Å². The van der Waals surface area contributed by atoms with E-state index in [-0.39, 0.29) is 11.7 Å². The molecule has 3 aromatic rings. The largest absolute Gasteiger partial charge is 0.385 e. The summed E-state index contributed by atoms with van der Waals surface area (Å²) in [6.07, 6.45) is 1.60. The number of hydrogen-bond acceptors (Lipinski definition) is 6. The summed E-state index contributed by atoms with van der Waals surface area (Å²) in [5.41, 5.74) is 2.53. The van der Waals surface area contributed by atoms with Crippen LogP contribution in [0, 0.1) is 0 Å². The minimum Gasteiger partial charge on any atom is -0.300 e. The van der Waals surface area contributed by atoms with E-state index in [1.807, 2.05) is 35.0 Å². The lowest BCUT2D eigenvalue weighted by Crippen LogP contribution is -2.35. The van der Waals surface area contributed by atoms with E-state index in [1.54, 1.807) is 11.8 Å². The van der Waals surface area contributed by atoms with Crippen LogP contribution in [0.5, 0.6) is 0 Å². The normalized spacial score (nSPS) is 10.5. The number of aromatic amines is 1. The van der Waals surface area contributed by atoms with Gasteiger partial charge >= 0.3 is 5.16 Å². The first-order chi connectivity index (χ1) is 10.3. The van der Waals surface area contributed by atoms with Crippen molar-refractivity contribution >= 4 is 34.1 Å². The summed E-state index contributed by atoms with van der Waals surface area (Å²) in [5, 5.41) is 14.4. The maximum absolute atomic E-state index is 11.8. The molecule has 3 rings (SSSR count). The number of aromatic nitrogens is 5. The van der Waals surface area contributed by atoms with Crippen LogP contribution in [0.25, 0.3) is 5.69 Å². The van der Waals surface area contributed by atoms with Gasteiger partial charge in [-0.3, -0.25) is 10.1 Å². The van der Waals surface area contributed by atoms with E-state index in [0.29, 0.717) is 10.3 Å². The molecule has 0 aliphatic rings. The summed E-state index contributed by atoms with van der Waals surface area (Å²) in [6, 6.07) is 9.76. The molecular formula is C12H11N6OS2+. The van der Waals surface area contributed by atoms with Gasteiger partial charge in [-0.05, 0) is 28.9 Å². The second-order valence-electron chi connectivity index (χ2n) is 3.92. The average Bonchev–Trinajstić information content (AvgIpc) is 3.17. The first-order valence-electron chi connectivity index (χ1n) is 6.02. The van der Waals surface area contributed by atoms with Crippen molar-refractivity contribution in [1.29, 1.82) is 0 Å². The van der Waals surface area contributed by atoms with Crippen LogP contribution in [0.1, 0.15) is 0 Å². The predicted octanol–water partition coefficient (Wildman–Crippen LogP) is 1.27. The molecule has 2 aromatic heterocycles. The molecule has 2 heterocycles. The van der Waals surface area contributed by atoms with Gasteiger partial charge in [0.05, 0.1) is 5.75 Å². The minimum absolute atomic E-state index is 0.139. The van der Waals surface area contributed by atoms with Gasteiger partial charge in [0.25, 0.3) is 0 Å². The number of nitrogens with one attached hydrogen (secondary N) is 2. The monoisotopic (exact) mass is 319 g/mol. The van der Waals surface area contributed by atoms with Crippen LogP contribution >= 0.6 is 23.1 Å². The van der Waals surface area contributed by atoms with E-state index in [1.165, 1.54) is 23.1 Å². The lowest BCUT2D eigenvalue weighted by atomic mass is 10.3. The fraction of sp³-hybridized carbons (Fsp3) is 0.0833. The Balaban J connectivity index is 1.64. The molecule has 0 aliphatic carbocycles. The van der Waals surface area contributed by atoms with E-state index in [4.69, 9.17) is 0 Å². The third-order valence-corrected chi connectivity index (χ3v) is 4.07. The van der Waals surface area contributed by atoms with Gasteiger partial charge in [0.15, 0.2) is 5.69 Å². The summed E-state index contributed by atoms with van der Waals surface area (Å²) in [5.74, 6) is 0.108. The standard InChI is InChI=1S/C12H10N6OS2/c19-10(16-11-17-14-8-21-11)6-20-12-13-7-15-18(12)9-4-2-1-3-5-9/h1-5,7-8H,6H2,(H,16,17,19)/p+1. The van der Waals surface area contributed by atoms with Crippen molar-refractivity contribution < 1.29 is 9.48 Å². The lowest BCUT2D eigenvalue weighted by molar-refractivity contribution is -0.694. The van der Waals surface area contributed by atoms with E-state index in [2.05, 4.69) is 25.6 Å². The molecule has 1 aromatic carbocycles. The van der Waals surface area contributed by atoms with Crippen LogP contribution in [0.15, 0.2) is 47.3 Å². The van der Waals surface area contributed by atoms with E-state index >= 15 is 0 Å². The SMILES string of the molecule is O=C(CSc1nc[nH][n+]1-c1ccccc1)Nc1nncs1. The second-order valence-corrected chi connectivity index (χ2v) is 5.70. The molecule has 106 valence electrons. The van der Waals surface area contributed by atoms with Crippen molar-refractivity contribution in [2.45, 2.75) is 5.16 Å². The van der Waals surface area contributed by atoms with Crippen LogP contribution in [0.3, 0.4) is 0 Å². The molecule has 0 spiro atoms. The van der Waals surface area contributed by atoms with E-state index < -0.39 is 0 Å². The van der Waals surface area contributed by atoms with Gasteiger partial charge in [0, 0.05) is 0 Å². The van der Waals surface area contributed by atoms with Gasteiger partial charge in [-0.15, -0.1) is 14.9 Å². The zero-order valence-corrected chi connectivity index (χ0v) is 12.4. The fourth-order valence-electron chi connectivity index (χ4n) is 1.63. The number of thioether (sulfide) groups is 1. The predicted molar refractivity (Wildman–Crippen MR) is 79.4 cm³/mol. The highest BCUT2D eigenvalue weighted by Gasteiger charge is 2.18. The number of nitrogens with zero attached hydrogens (tertiary/aromatic N) is 4. The third-order valence-electron chi connectivity index (χ3n) is 2.51. The first-order valence-corrected chi connectivity index (χ1v) is 7.89. The molecular weight excluding hydrogens is 308 g/mol. The number of para-hydroxylation sites is 1. The third kappa shape index (κ3) is 3.44. The van der Waals surface area contributed by atoms with Crippen LogP contribution in [-0.2, 0) is 4.79 Å². The number of benzene rings is 1. The number of amides is 1. The Morgan fingerprint density at radius 1 is 1.38 bits per heavy atom. The maximum atomic E-state index is 11.8. The molecule has 7 nitrogen and oxygen atoms in total. The molecule has 0 atom stereocenters. The number of carbonyl (C=O) groups excluding carboxylic acids is 1. The molecule has 0 saturated carbocycles. The highest BCUT2D eigenvalue weighted by atomic mass is 32.2. The Bertz CT molecular complexity index is 712. The Labute approximate surface area is 128 Å². The molecule has 0 fully saturated rings. The molecule has 0 saturated heterocycles. The van der Waals surface area contributed by atoms with E-state index in [0.717, 1.165) is 5.69 Å². The lowest BCUT2D eigenvalue weighted by Gasteiger charge is -1.99. The molecule has 1 amide bonds. The molecule has 0 radical (unpaired) electrons. The number of anilines is 1.